The first-order valence-electron chi connectivity index (χ1n) is 6.03. The Kier molecular flexibility index (Phi) is 4.49. The summed E-state index contributed by atoms with van der Waals surface area (Å²) in [6.07, 6.45) is 2.94. The Morgan fingerprint density at radius 1 is 1.30 bits per heavy atom. The van der Waals surface area contributed by atoms with Crippen LogP contribution in [0.1, 0.15) is 5.56 Å². The summed E-state index contributed by atoms with van der Waals surface area (Å²) in [4.78, 5) is 19.5. The number of hydrogen-bond acceptors (Lipinski definition) is 5. The molecule has 0 spiro atoms. The van der Waals surface area contributed by atoms with E-state index in [1.54, 1.807) is 6.07 Å². The van der Waals surface area contributed by atoms with Gasteiger partial charge >= 0.3 is 6.01 Å². The SMILES string of the molecule is COc1ncc(NC(=O)COc2cccc(C)c2)cn1. The van der Waals surface area contributed by atoms with E-state index in [0.29, 0.717) is 11.4 Å². The zero-order chi connectivity index (χ0) is 14.4. The van der Waals surface area contributed by atoms with Crippen molar-refractivity contribution < 1.29 is 14.3 Å². The number of carbonyl (C=O) groups excluding carboxylic acids is 1. The summed E-state index contributed by atoms with van der Waals surface area (Å²) in [6.45, 7) is 1.89. The monoisotopic (exact) mass is 273 g/mol. The van der Waals surface area contributed by atoms with Gasteiger partial charge in [-0.2, -0.15) is 0 Å². The molecule has 0 aliphatic heterocycles. The van der Waals surface area contributed by atoms with Gasteiger partial charge in [0.05, 0.1) is 25.2 Å². The molecule has 0 saturated carbocycles. The molecule has 0 atom stereocenters. The minimum absolute atomic E-state index is 0.0739. The Morgan fingerprint density at radius 2 is 2.05 bits per heavy atom. The normalized spacial score (nSPS) is 9.90. The Labute approximate surface area is 116 Å². The molecule has 20 heavy (non-hydrogen) atoms. The van der Waals surface area contributed by atoms with Crippen LogP contribution < -0.4 is 14.8 Å². The molecule has 0 saturated heterocycles. The van der Waals surface area contributed by atoms with Gasteiger partial charge in [0.1, 0.15) is 5.75 Å². The van der Waals surface area contributed by atoms with Crippen molar-refractivity contribution in [2.24, 2.45) is 0 Å². The highest BCUT2D eigenvalue weighted by molar-refractivity contribution is 5.91. The third kappa shape index (κ3) is 3.94. The second-order valence-corrected chi connectivity index (χ2v) is 4.11. The van der Waals surface area contributed by atoms with Gasteiger partial charge in [0, 0.05) is 0 Å². The van der Waals surface area contributed by atoms with E-state index in [4.69, 9.17) is 9.47 Å². The standard InChI is InChI=1S/C14H15N3O3/c1-10-4-3-5-12(6-10)20-9-13(18)17-11-7-15-14(19-2)16-8-11/h3-8H,9H2,1-2H3,(H,17,18). The number of amides is 1. The molecule has 1 aromatic heterocycles. The molecule has 6 nitrogen and oxygen atoms in total. The van der Waals surface area contributed by atoms with E-state index in [0.717, 1.165) is 5.56 Å². The maximum absolute atomic E-state index is 11.7. The predicted octanol–water partition coefficient (Wildman–Crippen LogP) is 1.81. The number of methoxy groups -OCH3 is 1. The van der Waals surface area contributed by atoms with Gasteiger partial charge in [-0.1, -0.05) is 12.1 Å². The van der Waals surface area contributed by atoms with Crippen LogP contribution >= 0.6 is 0 Å². The molecule has 0 aliphatic rings. The molecule has 2 rings (SSSR count). The average molecular weight is 273 g/mol. The van der Waals surface area contributed by atoms with E-state index in [1.165, 1.54) is 19.5 Å². The highest BCUT2D eigenvalue weighted by Crippen LogP contribution is 2.12. The summed E-state index contributed by atoms with van der Waals surface area (Å²) >= 11 is 0. The minimum Gasteiger partial charge on any atom is -0.484 e. The maximum Gasteiger partial charge on any atom is 0.316 e. The first-order valence-corrected chi connectivity index (χ1v) is 6.03. The van der Waals surface area contributed by atoms with Crippen LogP contribution in [-0.2, 0) is 4.79 Å². The van der Waals surface area contributed by atoms with E-state index >= 15 is 0 Å². The number of aryl methyl sites for hydroxylation is 1. The Bertz CT molecular complexity index is 584. The van der Waals surface area contributed by atoms with Crippen LogP contribution in [0, 0.1) is 6.92 Å². The number of aromatic nitrogens is 2. The fourth-order valence-electron chi connectivity index (χ4n) is 1.54. The van der Waals surface area contributed by atoms with Gasteiger partial charge in [0.25, 0.3) is 5.91 Å². The summed E-state index contributed by atoms with van der Waals surface area (Å²) in [7, 11) is 1.48. The summed E-state index contributed by atoms with van der Waals surface area (Å²) in [5.74, 6) is 0.381. The highest BCUT2D eigenvalue weighted by Gasteiger charge is 2.05. The van der Waals surface area contributed by atoms with Crippen LogP contribution in [0.25, 0.3) is 0 Å². The fourth-order valence-corrected chi connectivity index (χ4v) is 1.54. The van der Waals surface area contributed by atoms with Crippen molar-refractivity contribution in [2.75, 3.05) is 19.0 Å². The lowest BCUT2D eigenvalue weighted by atomic mass is 10.2. The van der Waals surface area contributed by atoms with Gasteiger partial charge in [0.15, 0.2) is 6.61 Å². The highest BCUT2D eigenvalue weighted by atomic mass is 16.5. The fraction of sp³-hybridized carbons (Fsp3) is 0.214. The topological polar surface area (TPSA) is 73.3 Å². The van der Waals surface area contributed by atoms with Crippen molar-refractivity contribution in [2.45, 2.75) is 6.92 Å². The number of nitrogens with zero attached hydrogens (tertiary/aromatic N) is 2. The van der Waals surface area contributed by atoms with E-state index < -0.39 is 0 Å². The molecule has 2 aromatic rings. The molecule has 0 radical (unpaired) electrons. The van der Waals surface area contributed by atoms with Gasteiger partial charge in [-0.3, -0.25) is 4.79 Å². The second-order valence-electron chi connectivity index (χ2n) is 4.11. The van der Waals surface area contributed by atoms with E-state index in [9.17, 15) is 4.79 Å². The lowest BCUT2D eigenvalue weighted by Gasteiger charge is -2.07. The van der Waals surface area contributed by atoms with Crippen LogP contribution in [0.15, 0.2) is 36.7 Å². The number of hydrogen-bond donors (Lipinski definition) is 1. The molecule has 1 amide bonds. The quantitative estimate of drug-likeness (QED) is 0.899. The Hall–Kier alpha value is -2.63. The zero-order valence-electron chi connectivity index (χ0n) is 11.3. The van der Waals surface area contributed by atoms with Gasteiger partial charge in [-0.25, -0.2) is 9.97 Å². The third-order valence-electron chi connectivity index (χ3n) is 2.45. The Balaban J connectivity index is 1.85. The van der Waals surface area contributed by atoms with E-state index in [1.807, 2.05) is 25.1 Å². The molecule has 1 aromatic carbocycles. The first kappa shape index (κ1) is 13.8. The van der Waals surface area contributed by atoms with Crippen molar-refractivity contribution in [1.82, 2.24) is 9.97 Å². The Morgan fingerprint density at radius 3 is 2.70 bits per heavy atom. The van der Waals surface area contributed by atoms with Crippen molar-refractivity contribution in [1.29, 1.82) is 0 Å². The molecular weight excluding hydrogens is 258 g/mol. The summed E-state index contributed by atoms with van der Waals surface area (Å²) in [6, 6.07) is 7.75. The number of nitrogens with one attached hydrogen (secondary N) is 1. The molecule has 0 fully saturated rings. The molecule has 1 heterocycles. The van der Waals surface area contributed by atoms with E-state index in [2.05, 4.69) is 15.3 Å². The number of ether oxygens (including phenoxy) is 2. The van der Waals surface area contributed by atoms with Crippen molar-refractivity contribution in [3.63, 3.8) is 0 Å². The molecular formula is C14H15N3O3. The molecule has 1 N–H and O–H groups in total. The molecule has 0 bridgehead atoms. The van der Waals surface area contributed by atoms with Crippen molar-refractivity contribution in [3.05, 3.63) is 42.2 Å². The van der Waals surface area contributed by atoms with Gasteiger partial charge < -0.3 is 14.8 Å². The zero-order valence-corrected chi connectivity index (χ0v) is 11.3. The van der Waals surface area contributed by atoms with Crippen molar-refractivity contribution in [3.8, 4) is 11.8 Å². The number of anilines is 1. The number of carbonyl (C=O) groups is 1. The minimum atomic E-state index is -0.278. The predicted molar refractivity (Wildman–Crippen MR) is 73.9 cm³/mol. The molecule has 0 unspecified atom stereocenters. The third-order valence-corrected chi connectivity index (χ3v) is 2.45. The lowest BCUT2D eigenvalue weighted by Crippen LogP contribution is -2.20. The first-order chi connectivity index (χ1) is 9.67. The van der Waals surface area contributed by atoms with Crippen molar-refractivity contribution >= 4 is 11.6 Å². The number of rotatable bonds is 5. The average Bonchev–Trinajstić information content (AvgIpc) is 2.46. The largest absolute Gasteiger partial charge is 0.484 e. The van der Waals surface area contributed by atoms with Gasteiger partial charge in [-0.15, -0.1) is 0 Å². The molecule has 104 valence electrons. The summed E-state index contributed by atoms with van der Waals surface area (Å²) < 4.78 is 10.2. The maximum atomic E-state index is 11.7. The van der Waals surface area contributed by atoms with E-state index in [-0.39, 0.29) is 18.5 Å². The lowest BCUT2D eigenvalue weighted by molar-refractivity contribution is -0.118. The van der Waals surface area contributed by atoms with Crippen LogP contribution in [0.2, 0.25) is 0 Å². The van der Waals surface area contributed by atoms with Crippen LogP contribution in [0.3, 0.4) is 0 Å². The van der Waals surface area contributed by atoms with Crippen LogP contribution in [-0.4, -0.2) is 29.6 Å². The molecule has 6 heteroatoms. The van der Waals surface area contributed by atoms with Gasteiger partial charge in [-0.05, 0) is 24.6 Å². The van der Waals surface area contributed by atoms with Gasteiger partial charge in [0.2, 0.25) is 0 Å². The second kappa shape index (κ2) is 6.51. The number of benzene rings is 1. The molecule has 0 aliphatic carbocycles. The summed E-state index contributed by atoms with van der Waals surface area (Å²) in [5, 5.41) is 2.63. The van der Waals surface area contributed by atoms with Crippen LogP contribution in [0.4, 0.5) is 5.69 Å². The smallest absolute Gasteiger partial charge is 0.316 e. The summed E-state index contributed by atoms with van der Waals surface area (Å²) in [5.41, 5.74) is 1.56. The van der Waals surface area contributed by atoms with Crippen LogP contribution in [0.5, 0.6) is 11.8 Å².